The highest BCUT2D eigenvalue weighted by atomic mass is 35.5. The van der Waals surface area contributed by atoms with E-state index in [1.165, 1.54) is 0 Å². The Morgan fingerprint density at radius 2 is 2.27 bits per heavy atom. The molecule has 0 saturated carbocycles. The lowest BCUT2D eigenvalue weighted by molar-refractivity contribution is 0.125. The Hall–Kier alpha value is -0.690. The molecule has 0 fully saturated rings. The van der Waals surface area contributed by atoms with Crippen LogP contribution in [0.5, 0.6) is 0 Å². The Balaban J connectivity index is 2.73. The van der Waals surface area contributed by atoms with Crippen LogP contribution in [0.2, 0.25) is 5.28 Å². The largest absolute Gasteiger partial charge is 0.546 e. The third kappa shape index (κ3) is 2.81. The molecule has 2 N–H and O–H groups in total. The molecule has 0 aromatic carbocycles. The van der Waals surface area contributed by atoms with Crippen molar-refractivity contribution in [3.05, 3.63) is 5.28 Å². The highest BCUT2D eigenvalue weighted by Crippen LogP contribution is 2.30. The van der Waals surface area contributed by atoms with Crippen molar-refractivity contribution in [1.82, 2.24) is 20.4 Å². The van der Waals surface area contributed by atoms with Crippen molar-refractivity contribution in [3.8, 4) is 0 Å². The highest BCUT2D eigenvalue weighted by molar-refractivity contribution is 7.46. The molecule has 10 heteroatoms. The molecule has 1 aromatic heterocycles. The number of hydrogen-bond acceptors (Lipinski definition) is 5. The van der Waals surface area contributed by atoms with Crippen molar-refractivity contribution in [1.29, 1.82) is 0 Å². The Bertz CT molecular complexity index is 292. The average Bonchev–Trinajstić information content (AvgIpc) is 2.10. The molecule has 0 saturated heterocycles. The Morgan fingerprint density at radius 3 is 2.64 bits per heavy atom. The number of halogens is 1. The summed E-state index contributed by atoms with van der Waals surface area (Å²) < 4.78 is 13.9. The van der Waals surface area contributed by atoms with Gasteiger partial charge >= 0.3 is 7.82 Å². The summed E-state index contributed by atoms with van der Waals surface area (Å²) in [7, 11) is -4.63. The fraction of sp³-hybridized carbons (Fsp3) is 0. The minimum atomic E-state index is -4.63. The van der Waals surface area contributed by atoms with E-state index < -0.39 is 7.82 Å². The first-order valence-corrected chi connectivity index (χ1v) is 4.09. The molecule has 0 bridgehead atoms. The Morgan fingerprint density at radius 1 is 1.64 bits per heavy atom. The van der Waals surface area contributed by atoms with Crippen LogP contribution in [0, 0.1) is 0 Å². The molecule has 0 aliphatic heterocycles. The monoisotopic (exact) mass is 200 g/mol. The number of phosphoric acid groups is 1. The van der Waals surface area contributed by atoms with Crippen molar-refractivity contribution >= 4 is 19.4 Å². The van der Waals surface area contributed by atoms with E-state index in [0.717, 1.165) is 0 Å². The van der Waals surface area contributed by atoms with Crippen LogP contribution in [0.3, 0.4) is 0 Å². The van der Waals surface area contributed by atoms with E-state index in [9.17, 15) is 4.57 Å². The Labute approximate surface area is 64.9 Å². The SMILES string of the molecule is O=P(O)(O)On1nnc(Cl)n1. The molecule has 0 aliphatic rings. The topological polar surface area (TPSA) is 110 Å². The second-order valence-corrected chi connectivity index (χ2v) is 2.87. The zero-order valence-electron chi connectivity index (χ0n) is 4.82. The van der Waals surface area contributed by atoms with Crippen molar-refractivity contribution in [2.45, 2.75) is 0 Å². The lowest BCUT2D eigenvalue weighted by Gasteiger charge is -2.00. The van der Waals surface area contributed by atoms with E-state index >= 15 is 0 Å². The lowest BCUT2D eigenvalue weighted by Crippen LogP contribution is -2.11. The summed E-state index contributed by atoms with van der Waals surface area (Å²) in [5.74, 6) is 0. The zero-order valence-corrected chi connectivity index (χ0v) is 6.48. The van der Waals surface area contributed by atoms with E-state index in [4.69, 9.17) is 21.4 Å². The van der Waals surface area contributed by atoms with Crippen molar-refractivity contribution in [2.24, 2.45) is 0 Å². The lowest BCUT2D eigenvalue weighted by atomic mass is 11.4. The summed E-state index contributed by atoms with van der Waals surface area (Å²) in [6, 6.07) is 0. The standard InChI is InChI=1S/CH2ClN4O4P/c2-1-3-5-6(4-1)10-11(7,8)9/h(H2,7,8,9). The fourth-order valence-electron chi connectivity index (χ4n) is 0.315. The molecule has 8 nitrogen and oxygen atoms in total. The maximum atomic E-state index is 10.1. The van der Waals surface area contributed by atoms with E-state index in [1.807, 2.05) is 0 Å². The fourth-order valence-corrected chi connectivity index (χ4v) is 0.673. The molecule has 0 unspecified atom stereocenters. The summed E-state index contributed by atoms with van der Waals surface area (Å²) in [4.78, 5) is 16.6. The number of hydrogen-bond donors (Lipinski definition) is 2. The second-order valence-electron chi connectivity index (χ2n) is 1.38. The third-order valence-corrected chi connectivity index (χ3v) is 1.06. The normalized spacial score (nSPS) is 11.5. The molecule has 11 heavy (non-hydrogen) atoms. The Kier molecular flexibility index (Phi) is 2.10. The molecule has 0 aliphatic carbocycles. The minimum Gasteiger partial charge on any atom is -0.292 e. The van der Waals surface area contributed by atoms with Crippen LogP contribution in [-0.4, -0.2) is 30.2 Å². The second kappa shape index (κ2) is 2.74. The van der Waals surface area contributed by atoms with Crippen LogP contribution in [0.4, 0.5) is 0 Å². The quantitative estimate of drug-likeness (QED) is 0.580. The highest BCUT2D eigenvalue weighted by Gasteiger charge is 2.18. The van der Waals surface area contributed by atoms with E-state index in [-0.39, 0.29) is 10.2 Å². The van der Waals surface area contributed by atoms with Gasteiger partial charge in [0.1, 0.15) is 0 Å². The maximum absolute atomic E-state index is 10.1. The van der Waals surface area contributed by atoms with Gasteiger partial charge in [-0.15, -0.1) is 0 Å². The molecule has 0 spiro atoms. The maximum Gasteiger partial charge on any atom is 0.546 e. The van der Waals surface area contributed by atoms with Crippen LogP contribution in [0.25, 0.3) is 0 Å². The summed E-state index contributed by atoms with van der Waals surface area (Å²) in [6.45, 7) is 0. The number of tetrazole rings is 1. The minimum absolute atomic E-state index is 0.239. The van der Waals surface area contributed by atoms with E-state index in [1.54, 1.807) is 0 Å². The molecule has 1 heterocycles. The smallest absolute Gasteiger partial charge is 0.292 e. The first kappa shape index (κ1) is 8.41. The first-order valence-electron chi connectivity index (χ1n) is 2.18. The molecule has 62 valence electrons. The average molecular weight is 200 g/mol. The summed E-state index contributed by atoms with van der Waals surface area (Å²) in [6.07, 6.45) is 0. The number of rotatable bonds is 2. The van der Waals surface area contributed by atoms with Crippen LogP contribution in [0.1, 0.15) is 0 Å². The van der Waals surface area contributed by atoms with E-state index in [0.29, 0.717) is 0 Å². The summed E-state index contributed by atoms with van der Waals surface area (Å²) >= 11 is 5.15. The molecule has 0 radical (unpaired) electrons. The summed E-state index contributed by atoms with van der Waals surface area (Å²) in [5.41, 5.74) is 0. The van der Waals surface area contributed by atoms with Gasteiger partial charge in [-0.05, 0) is 16.8 Å². The van der Waals surface area contributed by atoms with Gasteiger partial charge < -0.3 is 0 Å². The van der Waals surface area contributed by atoms with Gasteiger partial charge in [0, 0.05) is 4.96 Å². The molecular weight excluding hydrogens is 198 g/mol. The predicted molar refractivity (Wildman–Crippen MR) is 31.5 cm³/mol. The van der Waals surface area contributed by atoms with Crippen molar-refractivity contribution in [3.63, 3.8) is 0 Å². The molecular formula is CH2ClN4O4P. The first-order chi connectivity index (χ1) is 4.97. The van der Waals surface area contributed by atoms with Crippen LogP contribution < -0.4 is 4.62 Å². The number of nitrogens with zero attached hydrogens (tertiary/aromatic N) is 4. The number of aromatic nitrogens is 4. The van der Waals surface area contributed by atoms with Gasteiger partial charge in [-0.2, -0.15) is 0 Å². The van der Waals surface area contributed by atoms with Gasteiger partial charge in [0.15, 0.2) is 0 Å². The summed E-state index contributed by atoms with van der Waals surface area (Å²) in [5, 5.41) is 8.99. The molecule has 1 rings (SSSR count). The van der Waals surface area contributed by atoms with Gasteiger partial charge in [-0.3, -0.25) is 14.4 Å². The van der Waals surface area contributed by atoms with Gasteiger partial charge in [0.25, 0.3) is 5.28 Å². The molecule has 1 aromatic rings. The predicted octanol–water partition coefficient (Wildman–Crippen LogP) is -1.15. The van der Waals surface area contributed by atoms with Crippen molar-refractivity contribution in [2.75, 3.05) is 0 Å². The zero-order chi connectivity index (χ0) is 8.48. The molecule has 0 amide bonds. The van der Waals surface area contributed by atoms with Gasteiger partial charge in [-0.25, -0.2) is 4.57 Å². The van der Waals surface area contributed by atoms with Gasteiger partial charge in [-0.1, -0.05) is 10.2 Å². The van der Waals surface area contributed by atoms with Crippen LogP contribution >= 0.6 is 19.4 Å². The van der Waals surface area contributed by atoms with Crippen molar-refractivity contribution < 1.29 is 19.0 Å². The van der Waals surface area contributed by atoms with E-state index in [2.05, 4.69) is 20.0 Å². The van der Waals surface area contributed by atoms with Crippen LogP contribution in [-0.2, 0) is 4.57 Å². The third-order valence-electron chi connectivity index (χ3n) is 0.551. The van der Waals surface area contributed by atoms with Crippen LogP contribution in [0.15, 0.2) is 0 Å². The van der Waals surface area contributed by atoms with Gasteiger partial charge in [0.2, 0.25) is 0 Å². The van der Waals surface area contributed by atoms with Gasteiger partial charge in [0.05, 0.1) is 0 Å². The molecule has 0 atom stereocenters.